The van der Waals surface area contributed by atoms with Crippen molar-refractivity contribution in [3.8, 4) is 0 Å². The van der Waals surface area contributed by atoms with Crippen molar-refractivity contribution < 1.29 is 13.6 Å². The van der Waals surface area contributed by atoms with Gasteiger partial charge in [-0.1, -0.05) is 6.07 Å². The van der Waals surface area contributed by atoms with Crippen LogP contribution in [0.15, 0.2) is 36.4 Å². The molecule has 0 spiro atoms. The number of rotatable bonds is 4. The number of carbonyl (C=O) groups excluding carboxylic acids is 1. The van der Waals surface area contributed by atoms with Gasteiger partial charge in [0.05, 0.1) is 5.56 Å². The second kappa shape index (κ2) is 7.78. The summed E-state index contributed by atoms with van der Waals surface area (Å²) in [4.78, 5) is 21.1. The number of anilines is 2. The monoisotopic (exact) mass is 360 g/mol. The van der Waals surface area contributed by atoms with Crippen LogP contribution in [0.3, 0.4) is 0 Å². The van der Waals surface area contributed by atoms with E-state index in [-0.39, 0.29) is 5.56 Å². The largest absolute Gasteiger partial charge is 0.357 e. The molecular formula is C19H22F2N4O. The van der Waals surface area contributed by atoms with Gasteiger partial charge in [0.15, 0.2) is 0 Å². The van der Waals surface area contributed by atoms with Crippen molar-refractivity contribution in [3.63, 3.8) is 0 Å². The maximum Gasteiger partial charge on any atom is 0.259 e. The Balaban J connectivity index is 1.71. The molecule has 0 aliphatic carbocycles. The number of hydrogen-bond acceptors (Lipinski definition) is 4. The quantitative estimate of drug-likeness (QED) is 0.910. The fourth-order valence-electron chi connectivity index (χ4n) is 3.12. The van der Waals surface area contributed by atoms with Gasteiger partial charge < -0.3 is 15.1 Å². The Morgan fingerprint density at radius 1 is 1.23 bits per heavy atom. The number of piperidine rings is 1. The smallest absolute Gasteiger partial charge is 0.259 e. The molecule has 2 aromatic rings. The minimum Gasteiger partial charge on any atom is -0.357 e. The van der Waals surface area contributed by atoms with Gasteiger partial charge in [-0.25, -0.2) is 13.8 Å². The molecule has 1 amide bonds. The Bertz CT molecular complexity index is 791. The summed E-state index contributed by atoms with van der Waals surface area (Å²) in [5.41, 5.74) is -0.220. The average molecular weight is 360 g/mol. The molecule has 2 heterocycles. The van der Waals surface area contributed by atoms with E-state index in [9.17, 15) is 13.6 Å². The van der Waals surface area contributed by atoms with E-state index in [0.29, 0.717) is 17.9 Å². The van der Waals surface area contributed by atoms with Crippen LogP contribution in [0.5, 0.6) is 0 Å². The Morgan fingerprint density at radius 3 is 2.65 bits per heavy atom. The molecule has 1 saturated heterocycles. The summed E-state index contributed by atoms with van der Waals surface area (Å²) < 4.78 is 26.7. The number of pyridine rings is 1. The number of nitrogens with zero attached hydrogens (tertiary/aromatic N) is 3. The molecule has 1 fully saturated rings. The van der Waals surface area contributed by atoms with Gasteiger partial charge in [-0.3, -0.25) is 4.79 Å². The fraction of sp³-hybridized carbons (Fsp3) is 0.368. The maximum atomic E-state index is 13.8. The van der Waals surface area contributed by atoms with Gasteiger partial charge in [-0.05, 0) is 57.2 Å². The minimum atomic E-state index is -0.901. The molecule has 138 valence electrons. The van der Waals surface area contributed by atoms with Crippen LogP contribution in [0.4, 0.5) is 20.4 Å². The third-order valence-electron chi connectivity index (χ3n) is 4.75. The number of carbonyl (C=O) groups is 1. The SMILES string of the molecule is CN1CCC(N(C)c2cccc(NC(=O)c3ccc(F)cc3F)n2)CC1. The van der Waals surface area contributed by atoms with Crippen molar-refractivity contribution in [1.82, 2.24) is 9.88 Å². The van der Waals surface area contributed by atoms with Crippen LogP contribution >= 0.6 is 0 Å². The number of aromatic nitrogens is 1. The molecule has 1 aromatic heterocycles. The Labute approximate surface area is 151 Å². The lowest BCUT2D eigenvalue weighted by atomic mass is 10.0. The van der Waals surface area contributed by atoms with Crippen molar-refractivity contribution in [2.24, 2.45) is 0 Å². The van der Waals surface area contributed by atoms with Gasteiger partial charge in [-0.2, -0.15) is 0 Å². The summed E-state index contributed by atoms with van der Waals surface area (Å²) in [5, 5.41) is 2.58. The second-order valence-corrected chi connectivity index (χ2v) is 6.60. The average Bonchev–Trinajstić information content (AvgIpc) is 2.62. The molecule has 1 N–H and O–H groups in total. The highest BCUT2D eigenvalue weighted by Crippen LogP contribution is 2.21. The number of amides is 1. The number of hydrogen-bond donors (Lipinski definition) is 1. The summed E-state index contributed by atoms with van der Waals surface area (Å²) >= 11 is 0. The van der Waals surface area contributed by atoms with Gasteiger partial charge in [-0.15, -0.1) is 0 Å². The molecule has 7 heteroatoms. The molecule has 0 bridgehead atoms. The molecule has 0 radical (unpaired) electrons. The summed E-state index contributed by atoms with van der Waals surface area (Å²) in [5.74, 6) is -1.21. The highest BCUT2D eigenvalue weighted by atomic mass is 19.1. The molecule has 1 aromatic carbocycles. The summed E-state index contributed by atoms with van der Waals surface area (Å²) in [7, 11) is 4.10. The van der Waals surface area contributed by atoms with Gasteiger partial charge in [0, 0.05) is 19.2 Å². The van der Waals surface area contributed by atoms with Crippen LogP contribution in [-0.4, -0.2) is 49.0 Å². The van der Waals surface area contributed by atoms with Crippen molar-refractivity contribution in [2.45, 2.75) is 18.9 Å². The third kappa shape index (κ3) is 4.16. The predicted molar refractivity (Wildman–Crippen MR) is 97.5 cm³/mol. The van der Waals surface area contributed by atoms with Crippen LogP contribution in [0.2, 0.25) is 0 Å². The van der Waals surface area contributed by atoms with Crippen molar-refractivity contribution >= 4 is 17.5 Å². The third-order valence-corrected chi connectivity index (χ3v) is 4.75. The van der Waals surface area contributed by atoms with E-state index >= 15 is 0 Å². The van der Waals surface area contributed by atoms with E-state index in [4.69, 9.17) is 0 Å². The van der Waals surface area contributed by atoms with E-state index in [2.05, 4.69) is 27.1 Å². The first-order valence-electron chi connectivity index (χ1n) is 8.59. The molecular weight excluding hydrogens is 338 g/mol. The van der Waals surface area contributed by atoms with Crippen LogP contribution in [0, 0.1) is 11.6 Å². The van der Waals surface area contributed by atoms with Crippen molar-refractivity contribution in [2.75, 3.05) is 37.4 Å². The van der Waals surface area contributed by atoms with E-state index in [1.165, 1.54) is 0 Å². The number of halogens is 2. The van der Waals surface area contributed by atoms with Gasteiger partial charge in [0.2, 0.25) is 0 Å². The standard InChI is InChI=1S/C19H22F2N4O/c1-24-10-8-14(9-11-24)25(2)18-5-3-4-17(22-18)23-19(26)15-7-6-13(20)12-16(15)21/h3-7,12,14H,8-11H2,1-2H3,(H,22,23,26). The first-order valence-corrected chi connectivity index (χ1v) is 8.59. The van der Waals surface area contributed by atoms with E-state index < -0.39 is 17.5 Å². The maximum absolute atomic E-state index is 13.8. The fourth-order valence-corrected chi connectivity index (χ4v) is 3.12. The highest BCUT2D eigenvalue weighted by Gasteiger charge is 2.22. The van der Waals surface area contributed by atoms with Crippen LogP contribution in [0.25, 0.3) is 0 Å². The lowest BCUT2D eigenvalue weighted by Gasteiger charge is -2.35. The van der Waals surface area contributed by atoms with Crippen molar-refractivity contribution in [1.29, 1.82) is 0 Å². The Kier molecular flexibility index (Phi) is 5.46. The minimum absolute atomic E-state index is 0.220. The van der Waals surface area contributed by atoms with E-state index in [1.54, 1.807) is 12.1 Å². The second-order valence-electron chi connectivity index (χ2n) is 6.60. The topological polar surface area (TPSA) is 48.5 Å². The molecule has 1 aliphatic rings. The summed E-state index contributed by atoms with van der Waals surface area (Å²) in [6, 6.07) is 8.57. The first kappa shape index (κ1) is 18.3. The molecule has 5 nitrogen and oxygen atoms in total. The number of benzene rings is 1. The summed E-state index contributed by atoms with van der Waals surface area (Å²) in [6.45, 7) is 2.07. The van der Waals surface area contributed by atoms with Gasteiger partial charge >= 0.3 is 0 Å². The van der Waals surface area contributed by atoms with Gasteiger partial charge in [0.25, 0.3) is 5.91 Å². The Hall–Kier alpha value is -2.54. The normalized spacial score (nSPS) is 15.7. The zero-order valence-electron chi connectivity index (χ0n) is 14.9. The zero-order chi connectivity index (χ0) is 18.7. The van der Waals surface area contributed by atoms with E-state index in [0.717, 1.165) is 43.9 Å². The molecule has 0 saturated carbocycles. The number of nitrogens with one attached hydrogen (secondary N) is 1. The van der Waals surface area contributed by atoms with Crippen LogP contribution in [0.1, 0.15) is 23.2 Å². The lowest BCUT2D eigenvalue weighted by molar-refractivity contribution is 0.102. The van der Waals surface area contributed by atoms with Crippen LogP contribution in [-0.2, 0) is 0 Å². The summed E-state index contributed by atoms with van der Waals surface area (Å²) in [6.07, 6.45) is 2.10. The van der Waals surface area contributed by atoms with E-state index in [1.807, 2.05) is 13.1 Å². The first-order chi connectivity index (χ1) is 12.4. The molecule has 3 rings (SSSR count). The highest BCUT2D eigenvalue weighted by molar-refractivity contribution is 6.04. The Morgan fingerprint density at radius 2 is 1.96 bits per heavy atom. The molecule has 26 heavy (non-hydrogen) atoms. The van der Waals surface area contributed by atoms with Crippen molar-refractivity contribution in [3.05, 3.63) is 53.6 Å². The molecule has 0 atom stereocenters. The predicted octanol–water partition coefficient (Wildman–Crippen LogP) is 3.14. The number of likely N-dealkylation sites (tertiary alicyclic amines) is 1. The van der Waals surface area contributed by atoms with Gasteiger partial charge in [0.1, 0.15) is 23.3 Å². The van der Waals surface area contributed by atoms with Crippen LogP contribution < -0.4 is 10.2 Å². The zero-order valence-corrected chi connectivity index (χ0v) is 14.9. The lowest BCUT2D eigenvalue weighted by Crippen LogP contribution is -2.42. The molecule has 1 aliphatic heterocycles. The molecule has 0 unspecified atom stereocenters.